The summed E-state index contributed by atoms with van der Waals surface area (Å²) in [4.78, 5) is 22.6. The van der Waals surface area contributed by atoms with Gasteiger partial charge in [0.1, 0.15) is 0 Å². The van der Waals surface area contributed by atoms with Gasteiger partial charge < -0.3 is 10.4 Å². The Bertz CT molecular complexity index is 480. The van der Waals surface area contributed by atoms with E-state index in [0.717, 1.165) is 12.8 Å². The molecule has 1 amide bonds. The Morgan fingerprint density at radius 2 is 1.18 bits per heavy atom. The third-order valence-corrected chi connectivity index (χ3v) is 5.20. The number of carbonyl (C=O) groups excluding carboxylic acids is 1. The maximum atomic E-state index is 11.8. The molecule has 0 atom stereocenters. The number of aliphatic carboxylic acids is 1. The van der Waals surface area contributed by atoms with Gasteiger partial charge in [-0.25, -0.2) is 4.79 Å². The number of carbonyl (C=O) groups is 2. The number of amides is 1. The normalized spacial score (nSPS) is 12.2. The van der Waals surface area contributed by atoms with E-state index in [0.29, 0.717) is 6.54 Å². The Morgan fingerprint density at radius 3 is 1.68 bits per heavy atom. The Balaban J connectivity index is 3.42. The van der Waals surface area contributed by atoms with E-state index in [1.807, 2.05) is 0 Å². The molecule has 0 unspecified atom stereocenters. The van der Waals surface area contributed by atoms with Crippen LogP contribution < -0.4 is 5.32 Å². The third kappa shape index (κ3) is 15.5. The molecule has 0 spiro atoms. The summed E-state index contributed by atoms with van der Waals surface area (Å²) in [7, 11) is 0. The van der Waals surface area contributed by atoms with E-state index in [4.69, 9.17) is 5.11 Å². The van der Waals surface area contributed by atoms with Crippen molar-refractivity contribution >= 4 is 11.9 Å². The van der Waals surface area contributed by atoms with Crippen molar-refractivity contribution in [3.05, 3.63) is 23.3 Å². The second-order valence-corrected chi connectivity index (χ2v) is 7.75. The minimum absolute atomic E-state index is 0.110. The quantitative estimate of drug-likeness (QED) is 0.157. The fourth-order valence-electron chi connectivity index (χ4n) is 3.04. The van der Waals surface area contributed by atoms with Crippen molar-refractivity contribution in [3.8, 4) is 0 Å². The zero-order valence-corrected chi connectivity index (χ0v) is 18.5. The van der Waals surface area contributed by atoms with E-state index in [9.17, 15) is 9.59 Å². The summed E-state index contributed by atoms with van der Waals surface area (Å²) in [5.41, 5.74) is 0.399. The SMILES string of the molecule is CCCCCCCC/C=C\CCCCCCCCNC(=O)/C(C)=C(/C)C(=O)O. The largest absolute Gasteiger partial charge is 0.478 e. The van der Waals surface area contributed by atoms with E-state index in [2.05, 4.69) is 24.4 Å². The van der Waals surface area contributed by atoms with Crippen molar-refractivity contribution in [2.75, 3.05) is 6.54 Å². The summed E-state index contributed by atoms with van der Waals surface area (Å²) in [5.74, 6) is -1.31. The first-order chi connectivity index (χ1) is 13.5. The summed E-state index contributed by atoms with van der Waals surface area (Å²) in [6.45, 7) is 5.89. The highest BCUT2D eigenvalue weighted by molar-refractivity contribution is 6.01. The standard InChI is InChI=1S/C24H43NO3/c1-4-5-6-7-8-9-10-11-12-13-14-15-16-17-18-19-20-25-23(26)21(2)22(3)24(27)28/h11-12H,4-10,13-20H2,1-3H3,(H,25,26)(H,27,28)/b12-11-,22-21-. The van der Waals surface area contributed by atoms with Crippen LogP contribution in [0.1, 0.15) is 111 Å². The molecule has 162 valence electrons. The lowest BCUT2D eigenvalue weighted by atomic mass is 10.1. The molecule has 0 aliphatic carbocycles. The van der Waals surface area contributed by atoms with Crippen LogP contribution in [0, 0.1) is 0 Å². The number of carboxylic acids is 1. The molecule has 0 aliphatic heterocycles. The molecule has 0 bridgehead atoms. The van der Waals surface area contributed by atoms with Crippen molar-refractivity contribution < 1.29 is 14.7 Å². The maximum absolute atomic E-state index is 11.8. The van der Waals surface area contributed by atoms with Crippen LogP contribution in [-0.4, -0.2) is 23.5 Å². The summed E-state index contributed by atoms with van der Waals surface area (Å²) in [5, 5.41) is 11.7. The van der Waals surface area contributed by atoms with Crippen LogP contribution in [0.5, 0.6) is 0 Å². The minimum Gasteiger partial charge on any atom is -0.478 e. The van der Waals surface area contributed by atoms with Crippen molar-refractivity contribution in [2.24, 2.45) is 0 Å². The second-order valence-electron chi connectivity index (χ2n) is 7.75. The van der Waals surface area contributed by atoms with E-state index in [-0.39, 0.29) is 17.1 Å². The lowest BCUT2D eigenvalue weighted by Gasteiger charge is -2.07. The number of rotatable bonds is 18. The van der Waals surface area contributed by atoms with Crippen molar-refractivity contribution in [2.45, 2.75) is 111 Å². The van der Waals surface area contributed by atoms with Gasteiger partial charge in [0.25, 0.3) is 0 Å². The number of hydrogen-bond acceptors (Lipinski definition) is 2. The first kappa shape index (κ1) is 26.4. The molecule has 0 aromatic carbocycles. The molecular formula is C24H43NO3. The summed E-state index contributed by atoms with van der Waals surface area (Å²) >= 11 is 0. The Labute approximate surface area is 172 Å². The molecule has 28 heavy (non-hydrogen) atoms. The minimum atomic E-state index is -1.04. The van der Waals surface area contributed by atoms with Gasteiger partial charge in [-0.3, -0.25) is 4.79 Å². The van der Waals surface area contributed by atoms with Crippen LogP contribution in [0.15, 0.2) is 23.3 Å². The molecule has 0 saturated heterocycles. The highest BCUT2D eigenvalue weighted by atomic mass is 16.4. The van der Waals surface area contributed by atoms with Gasteiger partial charge in [-0.2, -0.15) is 0 Å². The van der Waals surface area contributed by atoms with Gasteiger partial charge >= 0.3 is 5.97 Å². The van der Waals surface area contributed by atoms with Crippen LogP contribution >= 0.6 is 0 Å². The fourth-order valence-corrected chi connectivity index (χ4v) is 3.04. The van der Waals surface area contributed by atoms with Gasteiger partial charge in [0.05, 0.1) is 0 Å². The van der Waals surface area contributed by atoms with E-state index in [1.54, 1.807) is 6.92 Å². The molecule has 0 heterocycles. The van der Waals surface area contributed by atoms with Gasteiger partial charge in [-0.05, 0) is 46.0 Å². The molecule has 2 N–H and O–H groups in total. The first-order valence-electron chi connectivity index (χ1n) is 11.3. The second kappa shape index (κ2) is 18.8. The highest BCUT2D eigenvalue weighted by Crippen LogP contribution is 2.10. The molecule has 0 aromatic rings. The van der Waals surface area contributed by atoms with Crippen LogP contribution in [0.25, 0.3) is 0 Å². The van der Waals surface area contributed by atoms with Gasteiger partial charge in [-0.15, -0.1) is 0 Å². The van der Waals surface area contributed by atoms with Gasteiger partial charge in [-0.1, -0.05) is 76.9 Å². The predicted molar refractivity (Wildman–Crippen MR) is 118 cm³/mol. The zero-order chi connectivity index (χ0) is 21.0. The molecule has 0 fully saturated rings. The van der Waals surface area contributed by atoms with Gasteiger partial charge in [0.15, 0.2) is 0 Å². The molecule has 4 heteroatoms. The van der Waals surface area contributed by atoms with E-state index in [1.165, 1.54) is 84.0 Å². The van der Waals surface area contributed by atoms with E-state index >= 15 is 0 Å². The lowest BCUT2D eigenvalue weighted by molar-refractivity contribution is -0.133. The number of hydrogen-bond donors (Lipinski definition) is 2. The molecule has 0 saturated carbocycles. The van der Waals surface area contributed by atoms with Crippen molar-refractivity contribution in [3.63, 3.8) is 0 Å². The Kier molecular flexibility index (Phi) is 17.7. The predicted octanol–water partition coefficient (Wildman–Crippen LogP) is 6.56. The number of nitrogens with one attached hydrogen (secondary N) is 1. The average molecular weight is 394 g/mol. The Morgan fingerprint density at radius 1 is 0.714 bits per heavy atom. The maximum Gasteiger partial charge on any atom is 0.331 e. The summed E-state index contributed by atoms with van der Waals surface area (Å²) in [6.07, 6.45) is 22.4. The van der Waals surface area contributed by atoms with E-state index < -0.39 is 5.97 Å². The monoisotopic (exact) mass is 393 g/mol. The van der Waals surface area contributed by atoms with Crippen LogP contribution in [0.4, 0.5) is 0 Å². The zero-order valence-electron chi connectivity index (χ0n) is 18.5. The number of allylic oxidation sites excluding steroid dienone is 2. The number of unbranched alkanes of at least 4 members (excludes halogenated alkanes) is 12. The third-order valence-electron chi connectivity index (χ3n) is 5.20. The molecule has 0 radical (unpaired) electrons. The smallest absolute Gasteiger partial charge is 0.331 e. The summed E-state index contributed by atoms with van der Waals surface area (Å²) in [6, 6.07) is 0. The molecule has 4 nitrogen and oxygen atoms in total. The molecule has 0 rings (SSSR count). The molecule has 0 aliphatic rings. The fraction of sp³-hybridized carbons (Fsp3) is 0.750. The molecule has 0 aromatic heterocycles. The topological polar surface area (TPSA) is 66.4 Å². The van der Waals surface area contributed by atoms with Crippen LogP contribution in [-0.2, 0) is 9.59 Å². The van der Waals surface area contributed by atoms with Crippen molar-refractivity contribution in [1.82, 2.24) is 5.32 Å². The van der Waals surface area contributed by atoms with Crippen molar-refractivity contribution in [1.29, 1.82) is 0 Å². The van der Waals surface area contributed by atoms with Gasteiger partial charge in [0.2, 0.25) is 5.91 Å². The van der Waals surface area contributed by atoms with Gasteiger partial charge in [0, 0.05) is 17.7 Å². The highest BCUT2D eigenvalue weighted by Gasteiger charge is 2.11. The molecular weight excluding hydrogens is 350 g/mol. The average Bonchev–Trinajstić information content (AvgIpc) is 2.68. The first-order valence-corrected chi connectivity index (χ1v) is 11.3. The van der Waals surface area contributed by atoms with Crippen LogP contribution in [0.2, 0.25) is 0 Å². The lowest BCUT2D eigenvalue weighted by Crippen LogP contribution is -2.26. The van der Waals surface area contributed by atoms with Crippen LogP contribution in [0.3, 0.4) is 0 Å². The number of carboxylic acid groups (broad SMARTS) is 1. The summed E-state index contributed by atoms with van der Waals surface area (Å²) < 4.78 is 0. The Hall–Kier alpha value is -1.58.